The topological polar surface area (TPSA) is 93.2 Å². The van der Waals surface area contributed by atoms with Gasteiger partial charge < -0.3 is 15.4 Å². The lowest BCUT2D eigenvalue weighted by molar-refractivity contribution is -0.146. The highest BCUT2D eigenvalue weighted by Gasteiger charge is 2.26. The van der Waals surface area contributed by atoms with Gasteiger partial charge in [-0.05, 0) is 30.9 Å². The number of aromatic nitrogens is 2. The number of thioether (sulfide) groups is 1. The fourth-order valence-corrected chi connectivity index (χ4v) is 4.14. The van der Waals surface area contributed by atoms with Gasteiger partial charge in [0.1, 0.15) is 6.04 Å². The summed E-state index contributed by atoms with van der Waals surface area (Å²) in [6.45, 7) is 7.94. The summed E-state index contributed by atoms with van der Waals surface area (Å²) >= 11 is 2.68. The van der Waals surface area contributed by atoms with Crippen LogP contribution in [0.4, 0.5) is 10.8 Å². The lowest BCUT2D eigenvalue weighted by Crippen LogP contribution is -2.46. The smallest absolute Gasteiger partial charge is 0.328 e. The summed E-state index contributed by atoms with van der Waals surface area (Å²) in [5, 5.41) is 15.0. The molecule has 0 saturated carbocycles. The van der Waals surface area contributed by atoms with E-state index in [1.807, 2.05) is 45.9 Å². The predicted octanol–water partition coefficient (Wildman–Crippen LogP) is 3.69. The van der Waals surface area contributed by atoms with E-state index in [-0.39, 0.29) is 17.6 Å². The molecule has 2 N–H and O–H groups in total. The van der Waals surface area contributed by atoms with Crippen LogP contribution in [0, 0.1) is 19.8 Å². The average molecular weight is 423 g/mol. The Labute approximate surface area is 173 Å². The maximum absolute atomic E-state index is 12.3. The molecule has 2 rings (SSSR count). The first kappa shape index (κ1) is 22.2. The van der Waals surface area contributed by atoms with E-state index in [1.165, 1.54) is 30.2 Å². The Kier molecular flexibility index (Phi) is 8.25. The number of rotatable bonds is 9. The van der Waals surface area contributed by atoms with E-state index in [2.05, 4.69) is 20.8 Å². The lowest BCUT2D eigenvalue weighted by atomic mass is 9.99. The molecule has 2 atom stereocenters. The van der Waals surface area contributed by atoms with Crippen LogP contribution in [0.3, 0.4) is 0 Å². The Balaban J connectivity index is 1.93. The number of amides is 1. The number of carbonyl (C=O) groups excluding carboxylic acids is 2. The third kappa shape index (κ3) is 5.93. The largest absolute Gasteiger partial charge is 0.467 e. The van der Waals surface area contributed by atoms with Gasteiger partial charge in [0.25, 0.3) is 0 Å². The van der Waals surface area contributed by atoms with Gasteiger partial charge in [-0.15, -0.1) is 10.2 Å². The fraction of sp³-hybridized carbons (Fsp3) is 0.474. The van der Waals surface area contributed by atoms with Crippen molar-refractivity contribution < 1.29 is 14.3 Å². The minimum absolute atomic E-state index is 0.00363. The molecule has 0 radical (unpaired) electrons. The number of nitrogens with zero attached hydrogens (tertiary/aromatic N) is 2. The van der Waals surface area contributed by atoms with Crippen molar-refractivity contribution in [2.75, 3.05) is 18.2 Å². The van der Waals surface area contributed by atoms with Crippen molar-refractivity contribution in [3.8, 4) is 0 Å². The van der Waals surface area contributed by atoms with E-state index in [1.54, 1.807) is 0 Å². The van der Waals surface area contributed by atoms with Gasteiger partial charge in [-0.3, -0.25) is 4.79 Å². The van der Waals surface area contributed by atoms with Gasteiger partial charge in [0, 0.05) is 5.69 Å². The summed E-state index contributed by atoms with van der Waals surface area (Å²) in [6.07, 6.45) is 0.761. The monoisotopic (exact) mass is 422 g/mol. The molecule has 0 aliphatic carbocycles. The van der Waals surface area contributed by atoms with E-state index in [4.69, 9.17) is 4.74 Å². The zero-order valence-electron chi connectivity index (χ0n) is 16.7. The van der Waals surface area contributed by atoms with Crippen molar-refractivity contribution >= 4 is 45.8 Å². The standard InChI is InChI=1S/C19H26N4O3S2/c1-6-11(2)16(17(25)26-5)20-14(24)10-27-19-23-22-18(28-19)21-15-12(3)8-7-9-13(15)4/h7-9,11,16H,6,10H2,1-5H3,(H,20,24)(H,21,22). The average Bonchev–Trinajstić information content (AvgIpc) is 3.13. The maximum Gasteiger partial charge on any atom is 0.328 e. The van der Waals surface area contributed by atoms with E-state index < -0.39 is 12.0 Å². The van der Waals surface area contributed by atoms with Crippen LogP contribution in [0.2, 0.25) is 0 Å². The number of hydrogen-bond acceptors (Lipinski definition) is 8. The van der Waals surface area contributed by atoms with Gasteiger partial charge >= 0.3 is 5.97 Å². The molecule has 152 valence electrons. The Morgan fingerprint density at radius 1 is 1.25 bits per heavy atom. The first-order chi connectivity index (χ1) is 13.3. The van der Waals surface area contributed by atoms with Crippen LogP contribution in [-0.2, 0) is 14.3 Å². The minimum Gasteiger partial charge on any atom is -0.467 e. The summed E-state index contributed by atoms with van der Waals surface area (Å²) in [4.78, 5) is 24.1. The summed E-state index contributed by atoms with van der Waals surface area (Å²) in [6, 6.07) is 5.44. The second kappa shape index (κ2) is 10.4. The number of ether oxygens (including phenoxy) is 1. The molecule has 0 aliphatic rings. The van der Waals surface area contributed by atoms with Gasteiger partial charge in [0.2, 0.25) is 11.0 Å². The minimum atomic E-state index is -0.640. The molecule has 0 saturated heterocycles. The number of para-hydroxylation sites is 1. The molecule has 0 bridgehead atoms. The van der Waals surface area contributed by atoms with E-state index in [0.717, 1.165) is 23.2 Å². The Hall–Kier alpha value is -2.13. The summed E-state index contributed by atoms with van der Waals surface area (Å²) in [7, 11) is 1.32. The van der Waals surface area contributed by atoms with E-state index in [9.17, 15) is 9.59 Å². The van der Waals surface area contributed by atoms with Gasteiger partial charge in [0.15, 0.2) is 4.34 Å². The van der Waals surface area contributed by atoms with Crippen molar-refractivity contribution in [3.63, 3.8) is 0 Å². The number of carbonyl (C=O) groups is 2. The highest BCUT2D eigenvalue weighted by molar-refractivity contribution is 8.01. The zero-order chi connectivity index (χ0) is 20.7. The quantitative estimate of drug-likeness (QED) is 0.470. The normalized spacial score (nSPS) is 12.9. The van der Waals surface area contributed by atoms with E-state index in [0.29, 0.717) is 9.47 Å². The molecular weight excluding hydrogens is 396 g/mol. The molecule has 2 unspecified atom stereocenters. The number of benzene rings is 1. The number of aryl methyl sites for hydroxylation is 2. The van der Waals surface area contributed by atoms with Gasteiger partial charge in [0.05, 0.1) is 12.9 Å². The van der Waals surface area contributed by atoms with Crippen molar-refractivity contribution in [1.29, 1.82) is 0 Å². The first-order valence-corrected chi connectivity index (χ1v) is 10.8. The summed E-state index contributed by atoms with van der Waals surface area (Å²) < 4.78 is 5.47. The third-order valence-corrected chi connectivity index (χ3v) is 6.40. The summed E-state index contributed by atoms with van der Waals surface area (Å²) in [5.41, 5.74) is 3.27. The molecule has 28 heavy (non-hydrogen) atoms. The molecule has 2 aromatic rings. The lowest BCUT2D eigenvalue weighted by Gasteiger charge is -2.21. The molecule has 1 heterocycles. The Morgan fingerprint density at radius 2 is 1.93 bits per heavy atom. The van der Waals surface area contributed by atoms with Crippen LogP contribution < -0.4 is 10.6 Å². The van der Waals surface area contributed by atoms with Gasteiger partial charge in [-0.25, -0.2) is 4.79 Å². The van der Waals surface area contributed by atoms with Crippen LogP contribution in [-0.4, -0.2) is 41.0 Å². The fourth-order valence-electron chi connectivity index (χ4n) is 2.58. The van der Waals surface area contributed by atoms with Crippen molar-refractivity contribution in [3.05, 3.63) is 29.3 Å². The molecule has 0 aliphatic heterocycles. The zero-order valence-corrected chi connectivity index (χ0v) is 18.4. The van der Waals surface area contributed by atoms with Crippen LogP contribution >= 0.6 is 23.1 Å². The molecule has 1 aromatic heterocycles. The molecular formula is C19H26N4O3S2. The second-order valence-electron chi connectivity index (χ2n) is 6.51. The van der Waals surface area contributed by atoms with E-state index >= 15 is 0 Å². The Bertz CT molecular complexity index is 805. The molecule has 7 nitrogen and oxygen atoms in total. The second-order valence-corrected chi connectivity index (χ2v) is 8.71. The first-order valence-electron chi connectivity index (χ1n) is 9.02. The highest BCUT2D eigenvalue weighted by atomic mass is 32.2. The number of nitrogens with one attached hydrogen (secondary N) is 2. The SMILES string of the molecule is CCC(C)C(NC(=O)CSc1nnc(Nc2c(C)cccc2C)s1)C(=O)OC. The van der Waals surface area contributed by atoms with Crippen LogP contribution in [0.25, 0.3) is 0 Å². The predicted molar refractivity (Wildman–Crippen MR) is 113 cm³/mol. The highest BCUT2D eigenvalue weighted by Crippen LogP contribution is 2.30. The molecule has 1 aromatic carbocycles. The summed E-state index contributed by atoms with van der Waals surface area (Å²) in [5.74, 6) is -0.512. The van der Waals surface area contributed by atoms with Crippen molar-refractivity contribution in [2.45, 2.75) is 44.5 Å². The van der Waals surface area contributed by atoms with Crippen LogP contribution in [0.1, 0.15) is 31.4 Å². The number of anilines is 2. The number of hydrogen-bond donors (Lipinski definition) is 2. The van der Waals surface area contributed by atoms with Gasteiger partial charge in [-0.2, -0.15) is 0 Å². The van der Waals surface area contributed by atoms with Gasteiger partial charge in [-0.1, -0.05) is 61.6 Å². The van der Waals surface area contributed by atoms with Crippen molar-refractivity contribution in [1.82, 2.24) is 15.5 Å². The maximum atomic E-state index is 12.3. The Morgan fingerprint density at radius 3 is 2.54 bits per heavy atom. The molecule has 9 heteroatoms. The number of methoxy groups -OCH3 is 1. The molecule has 1 amide bonds. The van der Waals surface area contributed by atoms with Crippen molar-refractivity contribution in [2.24, 2.45) is 5.92 Å². The van der Waals surface area contributed by atoms with Crippen LogP contribution in [0.5, 0.6) is 0 Å². The van der Waals surface area contributed by atoms with Crippen LogP contribution in [0.15, 0.2) is 22.5 Å². The number of esters is 1. The third-order valence-electron chi connectivity index (χ3n) is 4.43. The molecule has 0 fully saturated rings. The molecule has 0 spiro atoms.